The van der Waals surface area contributed by atoms with Crippen LogP contribution in [0.15, 0.2) is 90.3 Å². The lowest BCUT2D eigenvalue weighted by Gasteiger charge is -2.03. The van der Waals surface area contributed by atoms with Gasteiger partial charge < -0.3 is 0 Å². The quantitative estimate of drug-likeness (QED) is 0.523. The molecule has 2 aromatic carbocycles. The van der Waals surface area contributed by atoms with Crippen molar-refractivity contribution < 1.29 is 8.42 Å². The molecule has 0 fully saturated rings. The Hall–Kier alpha value is -3.23. The third kappa shape index (κ3) is 4.19. The Morgan fingerprint density at radius 3 is 2.29 bits per heavy atom. The number of para-hydroxylation sites is 1. The molecule has 0 aliphatic rings. The molecule has 0 unspecified atom stereocenters. The van der Waals surface area contributed by atoms with Gasteiger partial charge in [-0.2, -0.15) is 10.2 Å². The van der Waals surface area contributed by atoms with Gasteiger partial charge >= 0.3 is 0 Å². The van der Waals surface area contributed by atoms with Gasteiger partial charge in [0.1, 0.15) is 4.90 Å². The van der Waals surface area contributed by atoms with Gasteiger partial charge in [-0.1, -0.05) is 48.5 Å². The highest BCUT2D eigenvalue weighted by Crippen LogP contribution is 2.11. The van der Waals surface area contributed by atoms with Gasteiger partial charge in [0.15, 0.2) is 0 Å². The second-order valence-electron chi connectivity index (χ2n) is 6.31. The van der Waals surface area contributed by atoms with Crippen molar-refractivity contribution in [2.24, 2.45) is 0 Å². The van der Waals surface area contributed by atoms with E-state index in [-0.39, 0.29) is 11.4 Å². The minimum Gasteiger partial charge on any atom is -0.267 e. The van der Waals surface area contributed by atoms with E-state index in [1.54, 1.807) is 21.8 Å². The molecule has 0 amide bonds. The second-order valence-corrected chi connectivity index (χ2v) is 8.08. The van der Waals surface area contributed by atoms with Crippen LogP contribution in [0.3, 0.4) is 0 Å². The van der Waals surface area contributed by atoms with E-state index < -0.39 is 10.0 Å². The largest absolute Gasteiger partial charge is 0.267 e. The summed E-state index contributed by atoms with van der Waals surface area (Å²) in [5.41, 5.74) is 2.73. The lowest BCUT2D eigenvalue weighted by molar-refractivity contribution is 0.581. The molecule has 142 valence electrons. The molecule has 8 heteroatoms. The molecule has 0 aliphatic carbocycles. The summed E-state index contributed by atoms with van der Waals surface area (Å²) < 4.78 is 31.0. The Kier molecular flexibility index (Phi) is 5.05. The smallest absolute Gasteiger partial charge is 0.243 e. The molecule has 0 aliphatic heterocycles. The molecule has 2 heterocycles. The Balaban J connectivity index is 1.42. The number of hydrogen-bond acceptors (Lipinski definition) is 4. The number of nitrogens with zero attached hydrogens (tertiary/aromatic N) is 4. The number of nitrogens with one attached hydrogen (secondary N) is 1. The van der Waals surface area contributed by atoms with Crippen LogP contribution < -0.4 is 4.72 Å². The molecular weight excluding hydrogens is 374 g/mol. The Morgan fingerprint density at radius 2 is 1.54 bits per heavy atom. The Labute approximate surface area is 163 Å². The van der Waals surface area contributed by atoms with E-state index in [0.29, 0.717) is 6.54 Å². The summed E-state index contributed by atoms with van der Waals surface area (Å²) in [5.74, 6) is 0. The summed E-state index contributed by atoms with van der Waals surface area (Å²) >= 11 is 0. The zero-order chi connectivity index (χ0) is 19.4. The van der Waals surface area contributed by atoms with Crippen LogP contribution in [-0.2, 0) is 23.1 Å². The molecule has 2 aromatic heterocycles. The van der Waals surface area contributed by atoms with Crippen LogP contribution in [0.25, 0.3) is 5.69 Å². The fourth-order valence-electron chi connectivity index (χ4n) is 2.78. The molecule has 1 N–H and O–H groups in total. The van der Waals surface area contributed by atoms with E-state index in [1.807, 2.05) is 60.7 Å². The first-order valence-electron chi connectivity index (χ1n) is 8.75. The molecule has 0 bridgehead atoms. The first kappa shape index (κ1) is 18.1. The first-order valence-corrected chi connectivity index (χ1v) is 10.2. The molecule has 0 radical (unpaired) electrons. The number of benzene rings is 2. The van der Waals surface area contributed by atoms with Crippen LogP contribution in [0.1, 0.15) is 11.1 Å². The fraction of sp³-hybridized carbons (Fsp3) is 0.100. The summed E-state index contributed by atoms with van der Waals surface area (Å²) in [6.45, 7) is 0.666. The zero-order valence-electron chi connectivity index (χ0n) is 15.0. The summed E-state index contributed by atoms with van der Waals surface area (Å²) in [7, 11) is -3.66. The highest BCUT2D eigenvalue weighted by atomic mass is 32.2. The van der Waals surface area contributed by atoms with E-state index in [2.05, 4.69) is 14.9 Å². The van der Waals surface area contributed by atoms with Gasteiger partial charge in [0, 0.05) is 24.5 Å². The molecule has 0 saturated carbocycles. The maximum atomic E-state index is 12.6. The normalized spacial score (nSPS) is 11.6. The third-order valence-electron chi connectivity index (χ3n) is 4.23. The van der Waals surface area contributed by atoms with Crippen LogP contribution in [0.5, 0.6) is 0 Å². The van der Waals surface area contributed by atoms with Gasteiger partial charge in [0.2, 0.25) is 10.0 Å². The monoisotopic (exact) mass is 393 g/mol. The maximum Gasteiger partial charge on any atom is 0.243 e. The topological polar surface area (TPSA) is 81.8 Å². The third-order valence-corrected chi connectivity index (χ3v) is 5.59. The van der Waals surface area contributed by atoms with Crippen LogP contribution in [-0.4, -0.2) is 28.0 Å². The number of aromatic nitrogens is 4. The minimum absolute atomic E-state index is 0.138. The highest BCUT2D eigenvalue weighted by Gasteiger charge is 2.17. The van der Waals surface area contributed by atoms with Crippen molar-refractivity contribution in [2.75, 3.05) is 0 Å². The molecule has 0 saturated heterocycles. The standard InChI is InChI=1S/C20H19N5O2S/c26-28(27,20-13-21-24(16-20)14-17-7-3-1-4-8-17)23-12-18-11-22-25(15-18)19-9-5-2-6-10-19/h1-11,13,15-16,23H,12,14H2. The van der Waals surface area contributed by atoms with Crippen molar-refractivity contribution >= 4 is 10.0 Å². The molecular formula is C20H19N5O2S. The predicted octanol–water partition coefficient (Wildman–Crippen LogP) is 2.60. The lowest BCUT2D eigenvalue weighted by atomic mass is 10.2. The van der Waals surface area contributed by atoms with Crippen LogP contribution >= 0.6 is 0 Å². The van der Waals surface area contributed by atoms with Gasteiger partial charge in [-0.15, -0.1) is 0 Å². The van der Waals surface area contributed by atoms with Gasteiger partial charge in [0.25, 0.3) is 0 Å². The van der Waals surface area contributed by atoms with Crippen molar-refractivity contribution in [1.82, 2.24) is 24.3 Å². The van der Waals surface area contributed by atoms with Gasteiger partial charge in [-0.05, 0) is 17.7 Å². The van der Waals surface area contributed by atoms with Gasteiger partial charge in [-0.25, -0.2) is 17.8 Å². The van der Waals surface area contributed by atoms with E-state index in [1.165, 1.54) is 12.4 Å². The van der Waals surface area contributed by atoms with Gasteiger partial charge in [0.05, 0.1) is 24.6 Å². The number of rotatable bonds is 7. The average Bonchev–Trinajstić information content (AvgIpc) is 3.38. The number of sulfonamides is 1. The summed E-state index contributed by atoms with van der Waals surface area (Å²) in [6, 6.07) is 19.4. The van der Waals surface area contributed by atoms with E-state index >= 15 is 0 Å². The molecule has 4 rings (SSSR count). The van der Waals surface area contributed by atoms with E-state index in [0.717, 1.165) is 16.8 Å². The van der Waals surface area contributed by atoms with Crippen molar-refractivity contribution in [2.45, 2.75) is 18.0 Å². The predicted molar refractivity (Wildman–Crippen MR) is 105 cm³/mol. The second kappa shape index (κ2) is 7.79. The minimum atomic E-state index is -3.66. The van der Waals surface area contributed by atoms with E-state index in [9.17, 15) is 8.42 Å². The summed E-state index contributed by atoms with van der Waals surface area (Å²) in [4.78, 5) is 0.138. The summed E-state index contributed by atoms with van der Waals surface area (Å²) in [6.07, 6.45) is 6.34. The van der Waals surface area contributed by atoms with Crippen LogP contribution in [0, 0.1) is 0 Å². The maximum absolute atomic E-state index is 12.6. The summed E-state index contributed by atoms with van der Waals surface area (Å²) in [5, 5.41) is 8.43. The van der Waals surface area contributed by atoms with E-state index in [4.69, 9.17) is 0 Å². The zero-order valence-corrected chi connectivity index (χ0v) is 15.8. The highest BCUT2D eigenvalue weighted by molar-refractivity contribution is 7.89. The Bertz CT molecular complexity index is 1150. The molecule has 28 heavy (non-hydrogen) atoms. The van der Waals surface area contributed by atoms with Crippen molar-refractivity contribution in [3.63, 3.8) is 0 Å². The van der Waals surface area contributed by atoms with Crippen molar-refractivity contribution in [3.8, 4) is 5.69 Å². The molecule has 0 spiro atoms. The van der Waals surface area contributed by atoms with Crippen LogP contribution in [0.4, 0.5) is 0 Å². The molecule has 0 atom stereocenters. The Morgan fingerprint density at radius 1 is 0.821 bits per heavy atom. The molecule has 7 nitrogen and oxygen atoms in total. The number of hydrogen-bond donors (Lipinski definition) is 1. The molecule has 4 aromatic rings. The SMILES string of the molecule is O=S(=O)(NCc1cnn(-c2ccccc2)c1)c1cnn(Cc2ccccc2)c1. The van der Waals surface area contributed by atoms with Gasteiger partial charge in [-0.3, -0.25) is 4.68 Å². The fourth-order valence-corrected chi connectivity index (χ4v) is 3.75. The lowest BCUT2D eigenvalue weighted by Crippen LogP contribution is -2.22. The van der Waals surface area contributed by atoms with Crippen LogP contribution in [0.2, 0.25) is 0 Å². The van der Waals surface area contributed by atoms with Crippen molar-refractivity contribution in [3.05, 3.63) is 96.6 Å². The van der Waals surface area contributed by atoms with Crippen molar-refractivity contribution in [1.29, 1.82) is 0 Å². The average molecular weight is 393 g/mol. The first-order chi connectivity index (χ1) is 13.6.